The molecule has 2 aromatic rings. The molecule has 9 heteroatoms. The first kappa shape index (κ1) is 21.8. The van der Waals surface area contributed by atoms with Gasteiger partial charge >= 0.3 is 0 Å². The first-order chi connectivity index (χ1) is 15.0. The minimum absolute atomic E-state index is 0.0270. The first-order valence-electron chi connectivity index (χ1n) is 10.4. The van der Waals surface area contributed by atoms with Crippen LogP contribution in [-0.4, -0.2) is 73.3 Å². The van der Waals surface area contributed by atoms with Gasteiger partial charge in [-0.15, -0.1) is 11.3 Å². The maximum atomic E-state index is 13.0. The van der Waals surface area contributed by atoms with Crippen molar-refractivity contribution in [1.82, 2.24) is 15.1 Å². The van der Waals surface area contributed by atoms with Crippen LogP contribution in [0.2, 0.25) is 5.02 Å². The molecule has 1 N–H and O–H groups in total. The Morgan fingerprint density at radius 2 is 1.84 bits per heavy atom. The van der Waals surface area contributed by atoms with Crippen molar-refractivity contribution in [2.24, 2.45) is 5.92 Å². The summed E-state index contributed by atoms with van der Waals surface area (Å²) in [4.78, 5) is 43.9. The Balaban J connectivity index is 1.21. The summed E-state index contributed by atoms with van der Waals surface area (Å²) in [6.07, 6.45) is 0.246. The van der Waals surface area contributed by atoms with E-state index in [1.807, 2.05) is 34.5 Å². The van der Waals surface area contributed by atoms with Gasteiger partial charge in [0.05, 0.1) is 10.8 Å². The molecule has 3 heterocycles. The van der Waals surface area contributed by atoms with E-state index in [1.165, 1.54) is 11.3 Å². The highest BCUT2D eigenvalue weighted by molar-refractivity contribution is 7.12. The molecule has 2 fully saturated rings. The molecule has 31 heavy (non-hydrogen) atoms. The fourth-order valence-corrected chi connectivity index (χ4v) is 4.78. The fraction of sp³-hybridized carbons (Fsp3) is 0.409. The van der Waals surface area contributed by atoms with Gasteiger partial charge < -0.3 is 15.1 Å². The van der Waals surface area contributed by atoms with Crippen LogP contribution in [0, 0.1) is 5.92 Å². The molecule has 0 aliphatic carbocycles. The highest BCUT2D eigenvalue weighted by atomic mass is 35.5. The van der Waals surface area contributed by atoms with Crippen LogP contribution >= 0.6 is 22.9 Å². The normalized spacial score (nSPS) is 19.6. The van der Waals surface area contributed by atoms with Gasteiger partial charge in [0.15, 0.2) is 0 Å². The second kappa shape index (κ2) is 9.80. The minimum Gasteiger partial charge on any atom is -0.350 e. The molecule has 0 saturated carbocycles. The van der Waals surface area contributed by atoms with Gasteiger partial charge in [-0.25, -0.2) is 0 Å². The average Bonchev–Trinajstić information content (AvgIpc) is 3.45. The van der Waals surface area contributed by atoms with E-state index < -0.39 is 0 Å². The van der Waals surface area contributed by atoms with E-state index in [0.717, 1.165) is 25.3 Å². The van der Waals surface area contributed by atoms with Crippen molar-refractivity contribution in [3.63, 3.8) is 0 Å². The lowest BCUT2D eigenvalue weighted by Crippen LogP contribution is -2.51. The Labute approximate surface area is 190 Å². The smallest absolute Gasteiger partial charge is 0.261 e. The predicted molar refractivity (Wildman–Crippen MR) is 122 cm³/mol. The molecule has 7 nitrogen and oxygen atoms in total. The zero-order valence-electron chi connectivity index (χ0n) is 17.1. The van der Waals surface area contributed by atoms with Gasteiger partial charge in [-0.2, -0.15) is 0 Å². The Bertz CT molecular complexity index is 927. The number of nitrogens with zero attached hydrogens (tertiary/aromatic N) is 3. The quantitative estimate of drug-likeness (QED) is 0.718. The number of rotatable bonds is 6. The molecule has 1 aromatic heterocycles. The highest BCUT2D eigenvalue weighted by Gasteiger charge is 2.37. The molecule has 0 bridgehead atoms. The first-order valence-corrected chi connectivity index (χ1v) is 11.7. The van der Waals surface area contributed by atoms with Crippen LogP contribution in [0.4, 0.5) is 5.69 Å². The van der Waals surface area contributed by atoms with Crippen LogP contribution in [0.25, 0.3) is 0 Å². The lowest BCUT2D eigenvalue weighted by Gasteiger charge is -2.35. The van der Waals surface area contributed by atoms with Gasteiger partial charge in [-0.1, -0.05) is 17.7 Å². The standard InChI is InChI=1S/C22H25ClN4O3S/c23-17-3-5-18(6-4-17)27-15-16(14-20(27)28)22(30)26-11-9-25(10-12-26)8-7-24-21(29)19-2-1-13-31-19/h1-6,13,16H,7-12,14-15H2,(H,24,29). The molecule has 2 saturated heterocycles. The summed E-state index contributed by atoms with van der Waals surface area (Å²) < 4.78 is 0. The van der Waals surface area contributed by atoms with Gasteiger partial charge in [-0.3, -0.25) is 19.3 Å². The lowest BCUT2D eigenvalue weighted by atomic mass is 10.1. The van der Waals surface area contributed by atoms with Crippen LogP contribution in [0.3, 0.4) is 0 Å². The third kappa shape index (κ3) is 5.26. The second-order valence-corrected chi connectivity index (χ2v) is 9.17. The van der Waals surface area contributed by atoms with Crippen molar-refractivity contribution in [1.29, 1.82) is 0 Å². The molecule has 1 unspecified atom stereocenters. The molecule has 3 amide bonds. The topological polar surface area (TPSA) is 73.0 Å². The molecule has 0 radical (unpaired) electrons. The van der Waals surface area contributed by atoms with Crippen molar-refractivity contribution in [2.45, 2.75) is 6.42 Å². The number of carbonyl (C=O) groups is 3. The number of hydrogen-bond donors (Lipinski definition) is 1. The number of anilines is 1. The highest BCUT2D eigenvalue weighted by Crippen LogP contribution is 2.27. The average molecular weight is 461 g/mol. The Morgan fingerprint density at radius 1 is 1.10 bits per heavy atom. The summed E-state index contributed by atoms with van der Waals surface area (Å²) in [5, 5.41) is 5.44. The number of amides is 3. The monoisotopic (exact) mass is 460 g/mol. The van der Waals surface area contributed by atoms with Crippen LogP contribution in [0.5, 0.6) is 0 Å². The van der Waals surface area contributed by atoms with Crippen LogP contribution in [-0.2, 0) is 9.59 Å². The van der Waals surface area contributed by atoms with E-state index >= 15 is 0 Å². The number of halogens is 1. The third-order valence-electron chi connectivity index (χ3n) is 5.76. The number of benzene rings is 1. The minimum atomic E-state index is -0.306. The van der Waals surface area contributed by atoms with Crippen molar-refractivity contribution in [2.75, 3.05) is 50.7 Å². The SMILES string of the molecule is O=C(NCCN1CCN(C(=O)C2CC(=O)N(c3ccc(Cl)cc3)C2)CC1)c1cccs1. The molecule has 4 rings (SSSR count). The number of hydrogen-bond acceptors (Lipinski definition) is 5. The van der Waals surface area contributed by atoms with Crippen molar-refractivity contribution >= 4 is 46.3 Å². The van der Waals surface area contributed by atoms with Crippen LogP contribution < -0.4 is 10.2 Å². The van der Waals surface area contributed by atoms with Gasteiger partial charge in [0.2, 0.25) is 11.8 Å². The Morgan fingerprint density at radius 3 is 2.52 bits per heavy atom. The zero-order valence-corrected chi connectivity index (χ0v) is 18.7. The third-order valence-corrected chi connectivity index (χ3v) is 6.88. The summed E-state index contributed by atoms with van der Waals surface area (Å²) in [6, 6.07) is 10.8. The maximum absolute atomic E-state index is 13.0. The zero-order chi connectivity index (χ0) is 21.8. The molecule has 2 aliphatic rings. The number of nitrogens with one attached hydrogen (secondary N) is 1. The Hall–Kier alpha value is -2.42. The summed E-state index contributed by atoms with van der Waals surface area (Å²) >= 11 is 7.36. The molecular formula is C22H25ClN4O3S. The van der Waals surface area contributed by atoms with Gasteiger partial charge in [0, 0.05) is 62.9 Å². The Kier molecular flexibility index (Phi) is 6.89. The molecule has 2 aliphatic heterocycles. The van der Waals surface area contributed by atoms with Crippen molar-refractivity contribution in [3.05, 3.63) is 51.7 Å². The summed E-state index contributed by atoms with van der Waals surface area (Å²) in [6.45, 7) is 4.56. The van der Waals surface area contributed by atoms with E-state index in [2.05, 4.69) is 10.2 Å². The van der Waals surface area contributed by atoms with E-state index in [-0.39, 0.29) is 30.1 Å². The van der Waals surface area contributed by atoms with Crippen molar-refractivity contribution in [3.8, 4) is 0 Å². The summed E-state index contributed by atoms with van der Waals surface area (Å²) in [7, 11) is 0. The van der Waals surface area contributed by atoms with Crippen molar-refractivity contribution < 1.29 is 14.4 Å². The fourth-order valence-electron chi connectivity index (χ4n) is 4.02. The van der Waals surface area contributed by atoms with Gasteiger partial charge in [0.25, 0.3) is 5.91 Å². The molecule has 1 atom stereocenters. The summed E-state index contributed by atoms with van der Waals surface area (Å²) in [5.41, 5.74) is 0.777. The largest absolute Gasteiger partial charge is 0.350 e. The van der Waals surface area contributed by atoms with Crippen LogP contribution in [0.1, 0.15) is 16.1 Å². The lowest BCUT2D eigenvalue weighted by molar-refractivity contribution is -0.137. The summed E-state index contributed by atoms with van der Waals surface area (Å²) in [5.74, 6) is -0.323. The van der Waals surface area contributed by atoms with E-state index in [0.29, 0.717) is 36.1 Å². The molecular weight excluding hydrogens is 436 g/mol. The van der Waals surface area contributed by atoms with E-state index in [9.17, 15) is 14.4 Å². The predicted octanol–water partition coefficient (Wildman–Crippen LogP) is 2.33. The second-order valence-electron chi connectivity index (χ2n) is 7.78. The van der Waals surface area contributed by atoms with Gasteiger partial charge in [0.1, 0.15) is 0 Å². The van der Waals surface area contributed by atoms with E-state index in [4.69, 9.17) is 11.6 Å². The molecule has 164 valence electrons. The number of carbonyl (C=O) groups excluding carboxylic acids is 3. The maximum Gasteiger partial charge on any atom is 0.261 e. The number of piperazine rings is 1. The molecule has 0 spiro atoms. The molecule has 1 aromatic carbocycles. The van der Waals surface area contributed by atoms with Gasteiger partial charge in [-0.05, 0) is 35.7 Å². The van der Waals surface area contributed by atoms with Crippen LogP contribution in [0.15, 0.2) is 41.8 Å². The van der Waals surface area contributed by atoms with E-state index in [1.54, 1.807) is 17.0 Å². The number of thiophene rings is 1.